The molecule has 0 aromatic rings. The van der Waals surface area contributed by atoms with Gasteiger partial charge in [0.05, 0.1) is 32.0 Å². The van der Waals surface area contributed by atoms with E-state index in [9.17, 15) is 39.2 Å². The number of hydrogen-bond acceptors (Lipinski definition) is 12. The molecule has 14 heteroatoms. The van der Waals surface area contributed by atoms with E-state index in [-0.39, 0.29) is 37.6 Å². The molecule has 8 atom stereocenters. The molecule has 0 aromatic carbocycles. The molecule has 0 bridgehead atoms. The molecule has 2 unspecified atom stereocenters. The summed E-state index contributed by atoms with van der Waals surface area (Å²) < 4.78 is 32.6. The minimum Gasteiger partial charge on any atom is -0.462 e. The van der Waals surface area contributed by atoms with Crippen LogP contribution in [0.5, 0.6) is 0 Å². The van der Waals surface area contributed by atoms with Crippen LogP contribution < -0.4 is 0 Å². The fourth-order valence-electron chi connectivity index (χ4n) is 6.28. The highest BCUT2D eigenvalue weighted by Crippen LogP contribution is 2.43. The highest BCUT2D eigenvalue weighted by atomic mass is 31.2. The van der Waals surface area contributed by atoms with Gasteiger partial charge in [-0.25, -0.2) is 4.57 Å². The summed E-state index contributed by atoms with van der Waals surface area (Å²) in [5.41, 5.74) is 0. The summed E-state index contributed by atoms with van der Waals surface area (Å²) >= 11 is 0. The van der Waals surface area contributed by atoms with E-state index < -0.39 is 69.9 Å². The molecule has 310 valence electrons. The van der Waals surface area contributed by atoms with Crippen LogP contribution in [0.15, 0.2) is 12.2 Å². The van der Waals surface area contributed by atoms with Gasteiger partial charge in [-0.2, -0.15) is 0 Å². The smallest absolute Gasteiger partial charge is 0.462 e. The Bertz CT molecular complexity index is 1070. The maximum Gasteiger partial charge on any atom is 0.472 e. The molecule has 0 heterocycles. The Balaban J connectivity index is 2.51. The Labute approximate surface area is 317 Å². The van der Waals surface area contributed by atoms with E-state index in [1.807, 2.05) is 0 Å². The van der Waals surface area contributed by atoms with Crippen molar-refractivity contribution in [2.75, 3.05) is 26.4 Å². The van der Waals surface area contributed by atoms with Gasteiger partial charge in [-0.3, -0.25) is 23.4 Å². The molecular weight excluding hydrogens is 707 g/mol. The van der Waals surface area contributed by atoms with Gasteiger partial charge >= 0.3 is 19.8 Å². The van der Waals surface area contributed by atoms with Gasteiger partial charge in [0.15, 0.2) is 6.10 Å². The third-order valence-corrected chi connectivity index (χ3v) is 10.8. The zero-order valence-corrected chi connectivity index (χ0v) is 33.5. The van der Waals surface area contributed by atoms with E-state index in [4.69, 9.17) is 19.1 Å². The summed E-state index contributed by atoms with van der Waals surface area (Å²) in [5.74, 6) is -0.975. The highest BCUT2D eigenvalue weighted by molar-refractivity contribution is 7.47. The van der Waals surface area contributed by atoms with Crippen molar-refractivity contribution < 1.29 is 62.8 Å². The lowest BCUT2D eigenvalue weighted by atomic mass is 9.88. The van der Waals surface area contributed by atoms with Crippen LogP contribution >= 0.6 is 7.82 Å². The molecule has 5 N–H and O–H groups in total. The Hall–Kier alpha value is -1.70. The van der Waals surface area contributed by atoms with Crippen molar-refractivity contribution in [3.63, 3.8) is 0 Å². The standard InChI is InChI=1S/C39H71O13P/c1-4-6-13-19-31(41)23-24-35-34(36(43)25-37(35)44)20-15-11-12-17-22-39(46)52-33(29-51-53(47,48)50-27-32(42)26-40)28-49-38(45)21-16-10-8-7-9-14-18-30(3)5-2/h23-24,30-36,40-43H,4-22,25-29H2,1-3H3,(H,47,48)/b24-23+/t30?,31-,32-,33+,34+,35+,36-/m0/s1. The molecule has 0 radical (unpaired) electrons. The number of ether oxygens (including phenoxy) is 2. The van der Waals surface area contributed by atoms with Gasteiger partial charge in [0.25, 0.3) is 0 Å². The fourth-order valence-corrected chi connectivity index (χ4v) is 7.07. The van der Waals surface area contributed by atoms with E-state index in [0.29, 0.717) is 32.1 Å². The molecule has 13 nitrogen and oxygen atoms in total. The van der Waals surface area contributed by atoms with Crippen LogP contribution in [-0.2, 0) is 37.5 Å². The van der Waals surface area contributed by atoms with E-state index in [2.05, 4.69) is 25.3 Å². The van der Waals surface area contributed by atoms with Gasteiger partial charge in [-0.05, 0) is 37.5 Å². The molecule has 53 heavy (non-hydrogen) atoms. The second-order valence-corrected chi connectivity index (χ2v) is 16.1. The van der Waals surface area contributed by atoms with Crippen molar-refractivity contribution in [1.29, 1.82) is 0 Å². The summed E-state index contributed by atoms with van der Waals surface area (Å²) in [6.07, 6.45) is 15.4. The number of esters is 2. The van der Waals surface area contributed by atoms with Crippen molar-refractivity contribution in [3.05, 3.63) is 12.2 Å². The SMILES string of the molecule is CCCCC[C@H](O)/C=C/[C@H]1C(=O)C[C@H](O)[C@@H]1CCCCCCC(=O)O[C@H](COC(=O)CCCCCCCCC(C)CC)COP(=O)(O)OC[C@@H](O)CO. The van der Waals surface area contributed by atoms with E-state index in [1.165, 1.54) is 25.7 Å². The average Bonchev–Trinajstić information content (AvgIpc) is 3.40. The first-order valence-corrected chi connectivity index (χ1v) is 21.6. The highest BCUT2D eigenvalue weighted by Gasteiger charge is 2.39. The van der Waals surface area contributed by atoms with Crippen molar-refractivity contribution in [3.8, 4) is 0 Å². The molecule has 0 saturated heterocycles. The van der Waals surface area contributed by atoms with Crippen LogP contribution in [-0.4, -0.2) is 93.9 Å². The molecule has 0 aliphatic heterocycles. The molecule has 1 fully saturated rings. The van der Waals surface area contributed by atoms with Crippen molar-refractivity contribution >= 4 is 25.5 Å². The number of allylic oxidation sites excluding steroid dienone is 1. The summed E-state index contributed by atoms with van der Waals surface area (Å²) in [7, 11) is -4.68. The lowest BCUT2D eigenvalue weighted by molar-refractivity contribution is -0.161. The third kappa shape index (κ3) is 24.4. The Morgan fingerprint density at radius 1 is 0.849 bits per heavy atom. The van der Waals surface area contributed by atoms with E-state index in [0.717, 1.165) is 57.3 Å². The first kappa shape index (κ1) is 49.3. The first-order chi connectivity index (χ1) is 25.3. The molecule has 1 rings (SSSR count). The van der Waals surface area contributed by atoms with Gasteiger partial charge in [0.2, 0.25) is 0 Å². The fraction of sp³-hybridized carbons (Fsp3) is 0.872. The number of rotatable bonds is 33. The maximum atomic E-state index is 12.7. The normalized spacial score (nSPS) is 21.0. The van der Waals surface area contributed by atoms with Crippen LogP contribution in [0.1, 0.15) is 149 Å². The number of hydrogen-bond donors (Lipinski definition) is 5. The number of carbonyl (C=O) groups is 3. The molecule has 0 spiro atoms. The second-order valence-electron chi connectivity index (χ2n) is 14.7. The number of aliphatic hydroxyl groups excluding tert-OH is 4. The van der Waals surface area contributed by atoms with Gasteiger partial charge < -0.3 is 34.8 Å². The van der Waals surface area contributed by atoms with Gasteiger partial charge in [0, 0.05) is 25.2 Å². The van der Waals surface area contributed by atoms with Gasteiger partial charge in [0.1, 0.15) is 18.5 Å². The Kier molecular flexibility index (Phi) is 27.5. The van der Waals surface area contributed by atoms with Crippen LogP contribution in [0.2, 0.25) is 0 Å². The van der Waals surface area contributed by atoms with E-state index in [1.54, 1.807) is 12.2 Å². The van der Waals surface area contributed by atoms with Crippen LogP contribution in [0.3, 0.4) is 0 Å². The van der Waals surface area contributed by atoms with Crippen LogP contribution in [0.4, 0.5) is 0 Å². The predicted molar refractivity (Wildman–Crippen MR) is 202 cm³/mol. The zero-order chi connectivity index (χ0) is 39.5. The Morgan fingerprint density at radius 2 is 1.45 bits per heavy atom. The molecule has 1 aliphatic rings. The maximum absolute atomic E-state index is 12.7. The first-order valence-electron chi connectivity index (χ1n) is 20.1. The molecule has 0 aromatic heterocycles. The number of ketones is 1. The number of Topliss-reactive ketones (excluding diaryl/α,β-unsaturated/α-hetero) is 1. The summed E-state index contributed by atoms with van der Waals surface area (Å²) in [4.78, 5) is 47.5. The summed E-state index contributed by atoms with van der Waals surface area (Å²) in [5, 5.41) is 39.0. The lowest BCUT2D eigenvalue weighted by Gasteiger charge is -2.20. The third-order valence-electron chi connectivity index (χ3n) is 9.87. The number of unbranched alkanes of at least 4 members (excludes halogenated alkanes) is 10. The van der Waals surface area contributed by atoms with Crippen molar-refractivity contribution in [1.82, 2.24) is 0 Å². The van der Waals surface area contributed by atoms with Gasteiger partial charge in [-0.15, -0.1) is 0 Å². The zero-order valence-electron chi connectivity index (χ0n) is 32.6. The number of phosphoric ester groups is 1. The minimum atomic E-state index is -4.68. The van der Waals surface area contributed by atoms with E-state index >= 15 is 0 Å². The largest absolute Gasteiger partial charge is 0.472 e. The van der Waals surface area contributed by atoms with Gasteiger partial charge in [-0.1, -0.05) is 116 Å². The van der Waals surface area contributed by atoms with Crippen LogP contribution in [0.25, 0.3) is 0 Å². The van der Waals surface area contributed by atoms with Crippen molar-refractivity contribution in [2.24, 2.45) is 17.8 Å². The second kappa shape index (κ2) is 29.6. The summed E-state index contributed by atoms with van der Waals surface area (Å²) in [6.45, 7) is 4.24. The molecule has 0 amide bonds. The topological polar surface area (TPSA) is 206 Å². The number of aliphatic hydroxyl groups is 4. The van der Waals surface area contributed by atoms with Crippen LogP contribution in [0, 0.1) is 17.8 Å². The quantitative estimate of drug-likeness (QED) is 0.0209. The molecule has 1 saturated carbocycles. The van der Waals surface area contributed by atoms with Crippen molar-refractivity contribution in [2.45, 2.75) is 174 Å². The predicted octanol–water partition coefficient (Wildman–Crippen LogP) is 6.50. The lowest BCUT2D eigenvalue weighted by Crippen LogP contribution is -2.29. The minimum absolute atomic E-state index is 0.0171. The average molecular weight is 779 g/mol. The monoisotopic (exact) mass is 778 g/mol. The summed E-state index contributed by atoms with van der Waals surface area (Å²) in [6, 6.07) is 0. The number of phosphoric acid groups is 1. The molecule has 1 aliphatic carbocycles. The molecular formula is C39H71O13P. The number of carbonyl (C=O) groups excluding carboxylic acids is 3. The Morgan fingerprint density at radius 3 is 2.11 bits per heavy atom.